The summed E-state index contributed by atoms with van der Waals surface area (Å²) in [5.74, 6) is 0.279. The Morgan fingerprint density at radius 3 is 2.92 bits per heavy atom. The maximum absolute atomic E-state index is 12.9. The molecule has 0 radical (unpaired) electrons. The first-order valence-electron chi connectivity index (χ1n) is 7.88. The molecule has 1 saturated heterocycles. The van der Waals surface area contributed by atoms with E-state index in [0.29, 0.717) is 30.6 Å². The van der Waals surface area contributed by atoms with E-state index in [1.165, 1.54) is 9.13 Å². The van der Waals surface area contributed by atoms with Crippen molar-refractivity contribution in [3.63, 3.8) is 0 Å². The van der Waals surface area contributed by atoms with Crippen LogP contribution in [0.3, 0.4) is 0 Å². The number of hydrogen-bond donors (Lipinski definition) is 2. The molecule has 2 aromatic rings. The summed E-state index contributed by atoms with van der Waals surface area (Å²) in [5.41, 5.74) is 6.31. The number of aliphatic hydroxyl groups is 1. The molecule has 2 unspecified atom stereocenters. The van der Waals surface area contributed by atoms with Crippen LogP contribution in [0.1, 0.15) is 26.0 Å². The Morgan fingerprint density at radius 1 is 1.50 bits per heavy atom. The maximum atomic E-state index is 12.9. The highest BCUT2D eigenvalue weighted by Gasteiger charge is 2.31. The zero-order chi connectivity index (χ0) is 17.3. The monoisotopic (exact) mass is 335 g/mol. The Labute approximate surface area is 138 Å². The molecule has 130 valence electrons. The summed E-state index contributed by atoms with van der Waals surface area (Å²) >= 11 is 0. The zero-order valence-corrected chi connectivity index (χ0v) is 13.5. The van der Waals surface area contributed by atoms with E-state index in [9.17, 15) is 9.90 Å². The van der Waals surface area contributed by atoms with Gasteiger partial charge in [-0.25, -0.2) is 9.36 Å². The van der Waals surface area contributed by atoms with E-state index in [1.54, 1.807) is 6.08 Å². The maximum Gasteiger partial charge on any atom is 0.332 e. The number of rotatable bonds is 6. The number of nitrogen functional groups attached to an aromatic ring is 1. The normalized spacial score (nSPS) is 20.6. The van der Waals surface area contributed by atoms with Gasteiger partial charge in [-0.15, -0.1) is 6.58 Å². The summed E-state index contributed by atoms with van der Waals surface area (Å²) < 4.78 is 14.2. The van der Waals surface area contributed by atoms with Crippen molar-refractivity contribution < 1.29 is 14.6 Å². The molecule has 3 heterocycles. The number of fused-ring (bicyclic) bond motifs is 1. The molecule has 0 amide bonds. The molecule has 3 rings (SSSR count). The molecule has 1 fully saturated rings. The summed E-state index contributed by atoms with van der Waals surface area (Å²) in [6, 6.07) is 0. The molecule has 0 saturated carbocycles. The van der Waals surface area contributed by atoms with Crippen molar-refractivity contribution in [2.24, 2.45) is 0 Å². The van der Waals surface area contributed by atoms with Gasteiger partial charge in [0.05, 0.1) is 19.3 Å². The van der Waals surface area contributed by atoms with Crippen LogP contribution < -0.4 is 16.2 Å². The largest absolute Gasteiger partial charge is 0.476 e. The molecule has 0 aliphatic carbocycles. The third-order valence-corrected chi connectivity index (χ3v) is 3.96. The molecule has 3 N–H and O–H groups in total. The topological polar surface area (TPSA) is 117 Å². The van der Waals surface area contributed by atoms with Gasteiger partial charge in [-0.1, -0.05) is 6.08 Å². The second kappa shape index (κ2) is 6.62. The van der Waals surface area contributed by atoms with Crippen molar-refractivity contribution in [1.82, 2.24) is 19.1 Å². The first-order valence-corrected chi connectivity index (χ1v) is 7.88. The van der Waals surface area contributed by atoms with E-state index < -0.39 is 6.23 Å². The lowest BCUT2D eigenvalue weighted by molar-refractivity contribution is -0.0223. The van der Waals surface area contributed by atoms with Crippen LogP contribution in [-0.2, 0) is 11.3 Å². The second-order valence-electron chi connectivity index (χ2n) is 5.52. The summed E-state index contributed by atoms with van der Waals surface area (Å²) in [6.45, 7) is 6.09. The number of aliphatic hydroxyl groups excluding tert-OH is 1. The van der Waals surface area contributed by atoms with E-state index in [0.717, 1.165) is 0 Å². The number of aromatic nitrogens is 4. The minimum Gasteiger partial charge on any atom is -0.476 e. The minimum atomic E-state index is -0.507. The number of allylic oxidation sites excluding steroid dienone is 1. The fourth-order valence-corrected chi connectivity index (χ4v) is 2.97. The molecule has 9 heteroatoms. The van der Waals surface area contributed by atoms with Crippen molar-refractivity contribution in [3.8, 4) is 5.88 Å². The highest BCUT2D eigenvalue weighted by atomic mass is 16.5. The SMILES string of the molecule is C=CCn1c(=O)n(C2CCC(CO)O2)c2nc(N)nc(OCC)c21. The average molecular weight is 335 g/mol. The molecule has 0 aromatic carbocycles. The predicted octanol–water partition coefficient (Wildman–Crippen LogP) is 0.430. The minimum absolute atomic E-state index is 0.0205. The van der Waals surface area contributed by atoms with Crippen molar-refractivity contribution in [1.29, 1.82) is 0 Å². The molecule has 2 atom stereocenters. The van der Waals surface area contributed by atoms with Crippen LogP contribution in [-0.4, -0.2) is 43.5 Å². The molecular weight excluding hydrogens is 314 g/mol. The number of hydrogen-bond acceptors (Lipinski definition) is 7. The fraction of sp³-hybridized carbons (Fsp3) is 0.533. The summed E-state index contributed by atoms with van der Waals surface area (Å²) in [4.78, 5) is 21.2. The standard InChI is InChI=1S/C15H21N5O4/c1-3-7-19-11-12(17-14(16)18-13(11)23-4-2)20(15(19)22)10-6-5-9(8-21)24-10/h3,9-10,21H,1,4-8H2,2H3,(H2,16,17,18). The van der Waals surface area contributed by atoms with Gasteiger partial charge in [0.2, 0.25) is 11.8 Å². The summed E-state index contributed by atoms with van der Waals surface area (Å²) in [7, 11) is 0. The van der Waals surface area contributed by atoms with Gasteiger partial charge in [-0.05, 0) is 19.8 Å². The molecule has 1 aliphatic heterocycles. The molecule has 1 aliphatic rings. The van der Waals surface area contributed by atoms with Gasteiger partial charge in [0, 0.05) is 6.54 Å². The van der Waals surface area contributed by atoms with Crippen molar-refractivity contribution in [2.45, 2.75) is 38.6 Å². The molecule has 0 bridgehead atoms. The van der Waals surface area contributed by atoms with Crippen molar-refractivity contribution >= 4 is 17.1 Å². The number of anilines is 1. The van der Waals surface area contributed by atoms with Gasteiger partial charge in [-0.2, -0.15) is 9.97 Å². The third kappa shape index (κ3) is 2.65. The van der Waals surface area contributed by atoms with Gasteiger partial charge >= 0.3 is 5.69 Å². The lowest BCUT2D eigenvalue weighted by atomic mass is 10.2. The van der Waals surface area contributed by atoms with Gasteiger partial charge in [0.25, 0.3) is 0 Å². The predicted molar refractivity (Wildman–Crippen MR) is 87.8 cm³/mol. The Balaban J connectivity index is 2.24. The Kier molecular flexibility index (Phi) is 4.54. The van der Waals surface area contributed by atoms with Crippen LogP contribution in [0.25, 0.3) is 11.2 Å². The van der Waals surface area contributed by atoms with Crippen molar-refractivity contribution in [2.75, 3.05) is 18.9 Å². The van der Waals surface area contributed by atoms with Gasteiger partial charge < -0.3 is 20.3 Å². The van der Waals surface area contributed by atoms with Crippen molar-refractivity contribution in [3.05, 3.63) is 23.1 Å². The van der Waals surface area contributed by atoms with Gasteiger partial charge in [0.15, 0.2) is 11.2 Å². The van der Waals surface area contributed by atoms with E-state index in [4.69, 9.17) is 15.2 Å². The third-order valence-electron chi connectivity index (χ3n) is 3.96. The smallest absolute Gasteiger partial charge is 0.332 e. The number of nitrogens with two attached hydrogens (primary N) is 1. The fourth-order valence-electron chi connectivity index (χ4n) is 2.97. The number of nitrogens with zero attached hydrogens (tertiary/aromatic N) is 4. The van der Waals surface area contributed by atoms with Crippen LogP contribution in [0.15, 0.2) is 17.4 Å². The van der Waals surface area contributed by atoms with Crippen LogP contribution in [0.2, 0.25) is 0 Å². The van der Waals surface area contributed by atoms with E-state index in [1.807, 2.05) is 6.92 Å². The lowest BCUT2D eigenvalue weighted by Crippen LogP contribution is -2.28. The highest BCUT2D eigenvalue weighted by molar-refractivity contribution is 5.78. The second-order valence-corrected chi connectivity index (χ2v) is 5.52. The van der Waals surface area contributed by atoms with Crippen LogP contribution >= 0.6 is 0 Å². The average Bonchev–Trinajstić information content (AvgIpc) is 3.11. The molecule has 9 nitrogen and oxygen atoms in total. The zero-order valence-electron chi connectivity index (χ0n) is 13.5. The Hall–Kier alpha value is -2.39. The quantitative estimate of drug-likeness (QED) is 0.735. The van der Waals surface area contributed by atoms with Crippen LogP contribution in [0, 0.1) is 0 Å². The van der Waals surface area contributed by atoms with Gasteiger partial charge in [-0.3, -0.25) is 4.57 Å². The van der Waals surface area contributed by atoms with E-state index in [-0.39, 0.29) is 36.8 Å². The molecule has 2 aromatic heterocycles. The molecule has 24 heavy (non-hydrogen) atoms. The Bertz CT molecular complexity index is 812. The number of ether oxygens (including phenoxy) is 2. The lowest BCUT2D eigenvalue weighted by Gasteiger charge is -2.13. The van der Waals surface area contributed by atoms with Crippen LogP contribution in [0.4, 0.5) is 5.95 Å². The first kappa shape index (κ1) is 16.5. The van der Waals surface area contributed by atoms with Gasteiger partial charge in [0.1, 0.15) is 6.23 Å². The summed E-state index contributed by atoms with van der Waals surface area (Å²) in [6.07, 6.45) is 2.09. The molecule has 0 spiro atoms. The Morgan fingerprint density at radius 2 is 2.29 bits per heavy atom. The van der Waals surface area contributed by atoms with E-state index in [2.05, 4.69) is 16.5 Å². The molecular formula is C15H21N5O4. The van der Waals surface area contributed by atoms with E-state index >= 15 is 0 Å². The number of imidazole rings is 1. The first-order chi connectivity index (χ1) is 11.6. The van der Waals surface area contributed by atoms with Crippen LogP contribution in [0.5, 0.6) is 5.88 Å². The highest BCUT2D eigenvalue weighted by Crippen LogP contribution is 2.31. The summed E-state index contributed by atoms with van der Waals surface area (Å²) in [5, 5.41) is 9.26.